The lowest BCUT2D eigenvalue weighted by atomic mass is 9.78. The number of aliphatic hydroxyl groups is 1. The zero-order valence-corrected chi connectivity index (χ0v) is 20.1. The molecule has 0 aliphatic carbocycles. The van der Waals surface area contributed by atoms with Crippen LogP contribution in [-0.4, -0.2) is 39.7 Å². The average Bonchev–Trinajstić information content (AvgIpc) is 3.28. The monoisotopic (exact) mass is 505 g/mol. The Morgan fingerprint density at radius 1 is 1.08 bits per heavy atom. The van der Waals surface area contributed by atoms with Gasteiger partial charge in [0.25, 0.3) is 0 Å². The van der Waals surface area contributed by atoms with Crippen molar-refractivity contribution in [2.24, 2.45) is 5.41 Å². The van der Waals surface area contributed by atoms with E-state index in [1.807, 2.05) is 30.3 Å². The number of hydrogen-bond donors (Lipinski definition) is 2. The first kappa shape index (κ1) is 25.7. The molecule has 1 aliphatic heterocycles. The van der Waals surface area contributed by atoms with Crippen LogP contribution in [0.2, 0.25) is 0 Å². The van der Waals surface area contributed by atoms with E-state index in [4.69, 9.17) is 9.47 Å². The molecular formula is C26H27F4N3O3. The van der Waals surface area contributed by atoms with E-state index in [1.54, 1.807) is 20.8 Å². The molecule has 36 heavy (non-hydrogen) atoms. The predicted octanol–water partition coefficient (Wildman–Crippen LogP) is 5.66. The Bertz CT molecular complexity index is 1260. The molecule has 0 bridgehead atoms. The third-order valence-electron chi connectivity index (χ3n) is 6.15. The van der Waals surface area contributed by atoms with E-state index in [9.17, 15) is 22.7 Å². The predicted molar refractivity (Wildman–Crippen MR) is 126 cm³/mol. The van der Waals surface area contributed by atoms with E-state index in [2.05, 4.69) is 15.3 Å². The summed E-state index contributed by atoms with van der Waals surface area (Å²) in [6.07, 6.45) is -3.29. The van der Waals surface area contributed by atoms with Crippen LogP contribution in [0.1, 0.15) is 31.7 Å². The molecule has 0 saturated carbocycles. The topological polar surface area (TPSA) is 76.5 Å². The van der Waals surface area contributed by atoms with Gasteiger partial charge >= 0.3 is 6.18 Å². The van der Waals surface area contributed by atoms with Gasteiger partial charge in [0.2, 0.25) is 6.29 Å². The fourth-order valence-corrected chi connectivity index (χ4v) is 4.20. The third kappa shape index (κ3) is 5.38. The molecule has 3 aromatic rings. The number of aromatic nitrogens is 2. The van der Waals surface area contributed by atoms with Crippen LogP contribution in [0.15, 0.2) is 60.7 Å². The van der Waals surface area contributed by atoms with Crippen LogP contribution in [0.25, 0.3) is 10.9 Å². The quantitative estimate of drug-likeness (QED) is 0.385. The van der Waals surface area contributed by atoms with Crippen molar-refractivity contribution >= 4 is 16.6 Å². The standard InChI is InChI=1S/C26H27F4N3O3/c1-16-31-12-18-20(10-9-19(27)23(18)33-16)32-15-25(34,26(28,29)30)14-24(2,3)21-13-35-22(36-21)11-17-7-5-4-6-8-17/h4-10,12-13,22,32,34H,11,14-15H2,1-3H3. The van der Waals surface area contributed by atoms with Gasteiger partial charge in [-0.3, -0.25) is 0 Å². The van der Waals surface area contributed by atoms with E-state index in [0.717, 1.165) is 11.6 Å². The van der Waals surface area contributed by atoms with Crippen molar-refractivity contribution in [1.82, 2.24) is 9.97 Å². The third-order valence-corrected chi connectivity index (χ3v) is 6.15. The van der Waals surface area contributed by atoms with Crippen LogP contribution >= 0.6 is 0 Å². The van der Waals surface area contributed by atoms with Gasteiger partial charge in [-0.25, -0.2) is 14.4 Å². The maximum atomic E-state index is 14.2. The molecule has 2 atom stereocenters. The molecule has 2 heterocycles. The number of rotatable bonds is 8. The van der Waals surface area contributed by atoms with E-state index in [1.165, 1.54) is 18.5 Å². The zero-order chi connectivity index (χ0) is 26.1. The van der Waals surface area contributed by atoms with Gasteiger partial charge < -0.3 is 19.9 Å². The minimum Gasteiger partial charge on any atom is -0.459 e. The number of anilines is 1. The second kappa shape index (κ2) is 9.57. The van der Waals surface area contributed by atoms with E-state index >= 15 is 0 Å². The second-order valence-corrected chi connectivity index (χ2v) is 9.57. The number of nitrogens with zero attached hydrogens (tertiary/aromatic N) is 2. The second-order valence-electron chi connectivity index (χ2n) is 9.57. The highest BCUT2D eigenvalue weighted by Crippen LogP contribution is 2.45. The van der Waals surface area contributed by atoms with Gasteiger partial charge in [-0.05, 0) is 31.0 Å². The first-order chi connectivity index (χ1) is 16.9. The number of benzene rings is 2. The summed E-state index contributed by atoms with van der Waals surface area (Å²) < 4.78 is 68.0. The number of allylic oxidation sites excluding steroid dienone is 1. The first-order valence-corrected chi connectivity index (χ1v) is 11.4. The summed E-state index contributed by atoms with van der Waals surface area (Å²) in [4.78, 5) is 8.04. The zero-order valence-electron chi connectivity index (χ0n) is 20.1. The lowest BCUT2D eigenvalue weighted by molar-refractivity contribution is -0.263. The SMILES string of the molecule is Cc1ncc2c(NCC(O)(CC(C)(C)C3=COC(Cc4ccccc4)O3)C(F)(F)F)ccc(F)c2n1. The summed E-state index contributed by atoms with van der Waals surface area (Å²) in [7, 11) is 0. The van der Waals surface area contributed by atoms with Crippen LogP contribution in [0.4, 0.5) is 23.2 Å². The van der Waals surface area contributed by atoms with Gasteiger partial charge in [0.15, 0.2) is 5.60 Å². The van der Waals surface area contributed by atoms with Gasteiger partial charge in [-0.15, -0.1) is 0 Å². The number of alkyl halides is 3. The van der Waals surface area contributed by atoms with Crippen molar-refractivity contribution in [1.29, 1.82) is 0 Å². The highest BCUT2D eigenvalue weighted by molar-refractivity contribution is 5.91. The highest BCUT2D eigenvalue weighted by Gasteiger charge is 2.57. The molecule has 6 nitrogen and oxygen atoms in total. The van der Waals surface area contributed by atoms with Gasteiger partial charge in [-0.1, -0.05) is 44.2 Å². The molecule has 2 aromatic carbocycles. The lowest BCUT2D eigenvalue weighted by Crippen LogP contribution is -2.53. The van der Waals surface area contributed by atoms with Crippen LogP contribution in [0, 0.1) is 18.2 Å². The summed E-state index contributed by atoms with van der Waals surface area (Å²) in [5, 5.41) is 13.7. The largest absolute Gasteiger partial charge is 0.459 e. The number of fused-ring (bicyclic) bond motifs is 1. The van der Waals surface area contributed by atoms with Crippen LogP contribution in [-0.2, 0) is 15.9 Å². The number of ether oxygens (including phenoxy) is 2. The Labute approximate surface area is 206 Å². The molecule has 0 amide bonds. The number of halogens is 4. The van der Waals surface area contributed by atoms with Gasteiger partial charge in [-0.2, -0.15) is 13.2 Å². The van der Waals surface area contributed by atoms with Crippen LogP contribution < -0.4 is 5.32 Å². The summed E-state index contributed by atoms with van der Waals surface area (Å²) in [5.41, 5.74) is -3.24. The Morgan fingerprint density at radius 3 is 2.50 bits per heavy atom. The lowest BCUT2D eigenvalue weighted by Gasteiger charge is -2.37. The van der Waals surface area contributed by atoms with Crippen molar-refractivity contribution in [3.63, 3.8) is 0 Å². The Kier molecular flexibility index (Phi) is 6.83. The fourth-order valence-electron chi connectivity index (χ4n) is 4.20. The molecule has 0 saturated heterocycles. The van der Waals surface area contributed by atoms with E-state index in [0.29, 0.717) is 12.2 Å². The van der Waals surface area contributed by atoms with Crippen molar-refractivity contribution in [3.8, 4) is 0 Å². The Morgan fingerprint density at radius 2 is 1.81 bits per heavy atom. The molecule has 10 heteroatoms. The molecule has 2 N–H and O–H groups in total. The minimum absolute atomic E-state index is 0.0190. The summed E-state index contributed by atoms with van der Waals surface area (Å²) in [6.45, 7) is 3.80. The summed E-state index contributed by atoms with van der Waals surface area (Å²) in [6, 6.07) is 11.8. The van der Waals surface area contributed by atoms with E-state index in [-0.39, 0.29) is 22.3 Å². The Hall–Kier alpha value is -3.40. The molecule has 2 unspecified atom stereocenters. The van der Waals surface area contributed by atoms with Crippen LogP contribution in [0.3, 0.4) is 0 Å². The molecule has 0 spiro atoms. The molecule has 0 radical (unpaired) electrons. The molecule has 1 aromatic heterocycles. The van der Waals surface area contributed by atoms with Gasteiger partial charge in [0.05, 0.1) is 6.54 Å². The van der Waals surface area contributed by atoms with Crippen molar-refractivity contribution in [2.45, 2.75) is 51.7 Å². The number of nitrogens with one attached hydrogen (secondary N) is 1. The minimum atomic E-state index is -4.97. The first-order valence-electron chi connectivity index (χ1n) is 11.4. The highest BCUT2D eigenvalue weighted by atomic mass is 19.4. The maximum Gasteiger partial charge on any atom is 0.418 e. The summed E-state index contributed by atoms with van der Waals surface area (Å²) in [5.74, 6) is -0.0874. The van der Waals surface area contributed by atoms with Crippen molar-refractivity contribution < 1.29 is 32.1 Å². The maximum absolute atomic E-state index is 14.2. The molecule has 1 aliphatic rings. The van der Waals surface area contributed by atoms with Crippen molar-refractivity contribution in [2.75, 3.05) is 11.9 Å². The van der Waals surface area contributed by atoms with Crippen LogP contribution in [0.5, 0.6) is 0 Å². The molecule has 0 fully saturated rings. The Balaban J connectivity index is 1.50. The van der Waals surface area contributed by atoms with Gasteiger partial charge in [0, 0.05) is 29.1 Å². The average molecular weight is 506 g/mol. The number of hydrogen-bond acceptors (Lipinski definition) is 6. The molecular weight excluding hydrogens is 478 g/mol. The number of aryl methyl sites for hydroxylation is 1. The fraction of sp³-hybridized carbons (Fsp3) is 0.385. The summed E-state index contributed by atoms with van der Waals surface area (Å²) >= 11 is 0. The van der Waals surface area contributed by atoms with Gasteiger partial charge in [0.1, 0.15) is 29.2 Å². The smallest absolute Gasteiger partial charge is 0.418 e. The molecule has 4 rings (SSSR count). The normalized spacial score (nSPS) is 17.8. The molecule has 192 valence electrons. The van der Waals surface area contributed by atoms with Crippen molar-refractivity contribution in [3.05, 3.63) is 77.9 Å². The van der Waals surface area contributed by atoms with E-state index < -0.39 is 42.3 Å².